The number of carbonyl (C=O) groups excluding carboxylic acids is 1. The molecular formula is C8H13NO3. The van der Waals surface area contributed by atoms with E-state index >= 15 is 0 Å². The molecule has 0 fully saturated rings. The highest BCUT2D eigenvalue weighted by atomic mass is 16.5. The minimum Gasteiger partial charge on any atom is -0.467 e. The number of esters is 1. The minimum absolute atomic E-state index is 0.302. The van der Waals surface area contributed by atoms with E-state index in [2.05, 4.69) is 10.1 Å². The first-order chi connectivity index (χ1) is 5.75. The maximum Gasteiger partial charge on any atom is 0.332 e. The largest absolute Gasteiger partial charge is 0.467 e. The average Bonchev–Trinajstić information content (AvgIpc) is 2.53. The molecule has 0 bridgehead atoms. The summed E-state index contributed by atoms with van der Waals surface area (Å²) in [5.41, 5.74) is -0.760. The van der Waals surface area contributed by atoms with E-state index in [-0.39, 0.29) is 5.97 Å². The molecule has 0 aliphatic carbocycles. The van der Waals surface area contributed by atoms with Crippen LogP contribution in [0, 0.1) is 0 Å². The SMILES string of the molecule is COCC1(C(=O)OC)C=CCN1. The normalized spacial score (nSPS) is 27.5. The second-order valence-corrected chi connectivity index (χ2v) is 2.68. The van der Waals surface area contributed by atoms with Crippen LogP contribution in [0.3, 0.4) is 0 Å². The lowest BCUT2D eigenvalue weighted by atomic mass is 10.0. The molecule has 1 heterocycles. The molecule has 1 unspecified atom stereocenters. The average molecular weight is 171 g/mol. The van der Waals surface area contributed by atoms with Gasteiger partial charge in [-0.25, -0.2) is 4.79 Å². The van der Waals surface area contributed by atoms with E-state index < -0.39 is 5.54 Å². The van der Waals surface area contributed by atoms with Crippen LogP contribution in [0.15, 0.2) is 12.2 Å². The number of hydrogen-bond acceptors (Lipinski definition) is 4. The van der Waals surface area contributed by atoms with Crippen LogP contribution in [0.25, 0.3) is 0 Å². The van der Waals surface area contributed by atoms with Crippen LogP contribution < -0.4 is 5.32 Å². The van der Waals surface area contributed by atoms with Crippen LogP contribution in [0.5, 0.6) is 0 Å². The van der Waals surface area contributed by atoms with Gasteiger partial charge in [0.25, 0.3) is 0 Å². The minimum atomic E-state index is -0.760. The lowest BCUT2D eigenvalue weighted by molar-refractivity contribution is -0.148. The molecule has 12 heavy (non-hydrogen) atoms. The summed E-state index contributed by atoms with van der Waals surface area (Å²) in [7, 11) is 2.92. The lowest BCUT2D eigenvalue weighted by Crippen LogP contribution is -2.51. The summed E-state index contributed by atoms with van der Waals surface area (Å²) in [5, 5.41) is 3.01. The molecule has 0 aromatic rings. The van der Waals surface area contributed by atoms with Crippen molar-refractivity contribution < 1.29 is 14.3 Å². The highest BCUT2D eigenvalue weighted by Gasteiger charge is 2.38. The van der Waals surface area contributed by atoms with Crippen LogP contribution in [0.1, 0.15) is 0 Å². The van der Waals surface area contributed by atoms with Crippen molar-refractivity contribution in [2.75, 3.05) is 27.4 Å². The quantitative estimate of drug-likeness (QED) is 0.468. The van der Waals surface area contributed by atoms with Crippen molar-refractivity contribution >= 4 is 5.97 Å². The van der Waals surface area contributed by atoms with Crippen LogP contribution in [0.2, 0.25) is 0 Å². The predicted molar refractivity (Wildman–Crippen MR) is 43.8 cm³/mol. The molecule has 0 spiro atoms. The molecular weight excluding hydrogens is 158 g/mol. The van der Waals surface area contributed by atoms with E-state index in [1.54, 1.807) is 13.2 Å². The van der Waals surface area contributed by atoms with Gasteiger partial charge in [-0.05, 0) is 0 Å². The Kier molecular flexibility index (Phi) is 2.83. The van der Waals surface area contributed by atoms with Crippen molar-refractivity contribution in [3.63, 3.8) is 0 Å². The summed E-state index contributed by atoms with van der Waals surface area (Å²) in [4.78, 5) is 11.3. The molecule has 68 valence electrons. The number of methoxy groups -OCH3 is 2. The van der Waals surface area contributed by atoms with Gasteiger partial charge in [0.15, 0.2) is 5.54 Å². The Hall–Kier alpha value is -0.870. The van der Waals surface area contributed by atoms with Crippen molar-refractivity contribution in [1.29, 1.82) is 0 Å². The topological polar surface area (TPSA) is 47.6 Å². The first kappa shape index (κ1) is 9.22. The predicted octanol–water partition coefficient (Wildman–Crippen LogP) is -0.296. The summed E-state index contributed by atoms with van der Waals surface area (Å²) >= 11 is 0. The van der Waals surface area contributed by atoms with Gasteiger partial charge in [-0.2, -0.15) is 0 Å². The summed E-state index contributed by atoms with van der Waals surface area (Å²) in [6.07, 6.45) is 3.66. The fourth-order valence-electron chi connectivity index (χ4n) is 1.27. The van der Waals surface area contributed by atoms with Gasteiger partial charge in [0.2, 0.25) is 0 Å². The molecule has 0 saturated carbocycles. The van der Waals surface area contributed by atoms with Gasteiger partial charge in [0.1, 0.15) is 0 Å². The van der Waals surface area contributed by atoms with E-state index in [9.17, 15) is 4.79 Å². The van der Waals surface area contributed by atoms with Gasteiger partial charge in [-0.15, -0.1) is 0 Å². The number of nitrogens with one attached hydrogen (secondary N) is 1. The zero-order valence-corrected chi connectivity index (χ0v) is 7.29. The van der Waals surface area contributed by atoms with E-state index in [0.717, 1.165) is 0 Å². The highest BCUT2D eigenvalue weighted by molar-refractivity contribution is 5.84. The van der Waals surface area contributed by atoms with Gasteiger partial charge < -0.3 is 9.47 Å². The number of carbonyl (C=O) groups is 1. The van der Waals surface area contributed by atoms with Crippen LogP contribution >= 0.6 is 0 Å². The third-order valence-electron chi connectivity index (χ3n) is 1.86. The molecule has 1 aliphatic heterocycles. The Labute approximate surface area is 71.5 Å². The van der Waals surface area contributed by atoms with Gasteiger partial charge in [0, 0.05) is 13.7 Å². The summed E-state index contributed by atoms with van der Waals surface area (Å²) < 4.78 is 9.59. The molecule has 1 N–H and O–H groups in total. The molecule has 0 aromatic heterocycles. The fraction of sp³-hybridized carbons (Fsp3) is 0.625. The fourth-order valence-corrected chi connectivity index (χ4v) is 1.27. The zero-order valence-electron chi connectivity index (χ0n) is 7.29. The van der Waals surface area contributed by atoms with E-state index in [4.69, 9.17) is 4.74 Å². The monoisotopic (exact) mass is 171 g/mol. The van der Waals surface area contributed by atoms with E-state index in [0.29, 0.717) is 13.2 Å². The van der Waals surface area contributed by atoms with Crippen molar-refractivity contribution in [1.82, 2.24) is 5.32 Å². The molecule has 4 heteroatoms. The van der Waals surface area contributed by atoms with Crippen molar-refractivity contribution in [3.8, 4) is 0 Å². The third-order valence-corrected chi connectivity index (χ3v) is 1.86. The van der Waals surface area contributed by atoms with Crippen molar-refractivity contribution in [3.05, 3.63) is 12.2 Å². The van der Waals surface area contributed by atoms with Crippen molar-refractivity contribution in [2.24, 2.45) is 0 Å². The molecule has 1 atom stereocenters. The molecule has 4 nitrogen and oxygen atoms in total. The standard InChI is InChI=1S/C8H13NO3/c1-11-6-8(7(10)12-2)4-3-5-9-8/h3-4,9H,5-6H2,1-2H3. The molecule has 0 amide bonds. The van der Waals surface area contributed by atoms with Crippen LogP contribution in [-0.2, 0) is 14.3 Å². The molecule has 0 radical (unpaired) electrons. The summed E-state index contributed by atoms with van der Waals surface area (Å²) in [6.45, 7) is 0.981. The molecule has 0 aromatic carbocycles. The van der Waals surface area contributed by atoms with Crippen LogP contribution in [0.4, 0.5) is 0 Å². The maximum atomic E-state index is 11.3. The Morgan fingerprint density at radius 2 is 2.42 bits per heavy atom. The zero-order chi connectivity index (χ0) is 9.03. The Balaban J connectivity index is 2.72. The van der Waals surface area contributed by atoms with Gasteiger partial charge in [0.05, 0.1) is 13.7 Å². The van der Waals surface area contributed by atoms with Gasteiger partial charge >= 0.3 is 5.97 Å². The van der Waals surface area contributed by atoms with E-state index in [1.165, 1.54) is 7.11 Å². The Bertz CT molecular complexity index is 202. The number of hydrogen-bond donors (Lipinski definition) is 1. The Morgan fingerprint density at radius 1 is 1.67 bits per heavy atom. The van der Waals surface area contributed by atoms with Crippen LogP contribution in [-0.4, -0.2) is 38.9 Å². The second kappa shape index (κ2) is 3.69. The number of ether oxygens (including phenoxy) is 2. The van der Waals surface area contributed by atoms with Gasteiger partial charge in [-0.1, -0.05) is 12.2 Å². The first-order valence-corrected chi connectivity index (χ1v) is 3.75. The molecule has 1 aliphatic rings. The van der Waals surface area contributed by atoms with E-state index in [1.807, 2.05) is 6.08 Å². The Morgan fingerprint density at radius 3 is 2.83 bits per heavy atom. The summed E-state index contributed by atoms with van der Waals surface area (Å²) in [6, 6.07) is 0. The highest BCUT2D eigenvalue weighted by Crippen LogP contribution is 2.14. The second-order valence-electron chi connectivity index (χ2n) is 2.68. The number of rotatable bonds is 3. The lowest BCUT2D eigenvalue weighted by Gasteiger charge is -2.23. The third kappa shape index (κ3) is 1.49. The maximum absolute atomic E-state index is 11.3. The molecule has 1 rings (SSSR count). The summed E-state index contributed by atoms with van der Waals surface area (Å²) in [5.74, 6) is -0.307. The van der Waals surface area contributed by atoms with Gasteiger partial charge in [-0.3, -0.25) is 5.32 Å². The van der Waals surface area contributed by atoms with Crippen molar-refractivity contribution in [2.45, 2.75) is 5.54 Å². The molecule has 0 saturated heterocycles. The first-order valence-electron chi connectivity index (χ1n) is 3.75. The smallest absolute Gasteiger partial charge is 0.332 e.